The molecular weight excluding hydrogens is 556 g/mol. The minimum atomic E-state index is -0.975. The standard InChI is InChI=1S/C34H42N6O4/c1-23-29(30(32(41)42-6)44-33(2,3)4)31-38-18-15-34(5,16-19-38)43-20-9-7-8-12-25-14-17-39(36-25)26-13-10-11-24(21-26)27-22-28(35-23)40(31)37-27/h7,9-11,13-14,17,21-22,30H,8,12,15-16,18-20H2,1-6H3/b9-7+/t30-/m0/s1. The second-order valence-corrected chi connectivity index (χ2v) is 12.9. The summed E-state index contributed by atoms with van der Waals surface area (Å²) in [5, 5.41) is 9.93. The van der Waals surface area contributed by atoms with Gasteiger partial charge in [-0.25, -0.2) is 14.5 Å². The van der Waals surface area contributed by atoms with Gasteiger partial charge in [-0.2, -0.15) is 14.7 Å². The number of anilines is 1. The fourth-order valence-electron chi connectivity index (χ4n) is 6.00. The molecule has 0 amide bonds. The van der Waals surface area contributed by atoms with Gasteiger partial charge in [0.15, 0.2) is 11.8 Å². The molecule has 0 radical (unpaired) electrons. The number of rotatable bonds is 3. The third-order valence-corrected chi connectivity index (χ3v) is 8.39. The lowest BCUT2D eigenvalue weighted by molar-refractivity contribution is -0.164. The molecule has 3 aliphatic heterocycles. The number of allylic oxidation sites excluding steroid dienone is 1. The van der Waals surface area contributed by atoms with Gasteiger partial charge >= 0.3 is 5.97 Å². The Morgan fingerprint density at radius 2 is 1.89 bits per heavy atom. The zero-order chi connectivity index (χ0) is 31.1. The van der Waals surface area contributed by atoms with Crippen LogP contribution in [0.4, 0.5) is 5.82 Å². The SMILES string of the molecule is COC(=O)[C@@H](OC(C)(C)C)c1c(C)nc2cc3nn2c1N1CCC(C)(CC1)OC/C=C/CCc1ccn(n1)-c1cccc-3c1. The number of fused-ring (bicyclic) bond motifs is 6. The molecule has 1 aromatic carbocycles. The van der Waals surface area contributed by atoms with E-state index in [9.17, 15) is 4.79 Å². The summed E-state index contributed by atoms with van der Waals surface area (Å²) in [5.41, 5.74) is 4.91. The molecule has 0 aliphatic carbocycles. The van der Waals surface area contributed by atoms with E-state index in [4.69, 9.17) is 29.4 Å². The Kier molecular flexibility index (Phi) is 8.06. The number of carbonyl (C=O) groups excluding carboxylic acids is 1. The van der Waals surface area contributed by atoms with Crippen LogP contribution < -0.4 is 4.90 Å². The average Bonchev–Trinajstić information content (AvgIpc) is 3.64. The summed E-state index contributed by atoms with van der Waals surface area (Å²) in [6.45, 7) is 11.9. The van der Waals surface area contributed by atoms with Gasteiger partial charge in [0, 0.05) is 36.6 Å². The van der Waals surface area contributed by atoms with Gasteiger partial charge in [-0.05, 0) is 78.5 Å². The van der Waals surface area contributed by atoms with Gasteiger partial charge in [0.25, 0.3) is 0 Å². The van der Waals surface area contributed by atoms with Crippen LogP contribution in [0.15, 0.2) is 54.7 Å². The molecule has 44 heavy (non-hydrogen) atoms. The van der Waals surface area contributed by atoms with Gasteiger partial charge in [0.2, 0.25) is 0 Å². The Bertz CT molecular complexity index is 1690. The Morgan fingerprint density at radius 3 is 2.64 bits per heavy atom. The molecule has 0 spiro atoms. The molecule has 1 saturated heterocycles. The van der Waals surface area contributed by atoms with Crippen molar-refractivity contribution in [3.63, 3.8) is 0 Å². The van der Waals surface area contributed by atoms with E-state index in [1.165, 1.54) is 7.11 Å². The van der Waals surface area contributed by atoms with Gasteiger partial charge in [0.1, 0.15) is 5.82 Å². The average molecular weight is 599 g/mol. The molecule has 10 heteroatoms. The maximum absolute atomic E-state index is 13.3. The fourth-order valence-corrected chi connectivity index (χ4v) is 6.00. The van der Waals surface area contributed by atoms with Crippen molar-refractivity contribution in [2.24, 2.45) is 0 Å². The molecule has 3 aliphatic rings. The van der Waals surface area contributed by atoms with Crippen LogP contribution in [-0.2, 0) is 25.4 Å². The van der Waals surface area contributed by atoms with Crippen LogP contribution in [0.25, 0.3) is 22.6 Å². The summed E-state index contributed by atoms with van der Waals surface area (Å²) in [6, 6.07) is 12.3. The Balaban J connectivity index is 1.53. The topological polar surface area (TPSA) is 96.0 Å². The molecule has 0 unspecified atom stereocenters. The second-order valence-electron chi connectivity index (χ2n) is 12.9. The summed E-state index contributed by atoms with van der Waals surface area (Å²) in [4.78, 5) is 20.6. The molecule has 8 bridgehead atoms. The van der Waals surface area contributed by atoms with E-state index in [1.807, 2.05) is 67.4 Å². The largest absolute Gasteiger partial charge is 0.467 e. The van der Waals surface area contributed by atoms with E-state index < -0.39 is 17.7 Å². The van der Waals surface area contributed by atoms with E-state index in [0.717, 1.165) is 67.2 Å². The molecule has 3 aromatic heterocycles. The monoisotopic (exact) mass is 598 g/mol. The second kappa shape index (κ2) is 11.8. The number of benzene rings is 1. The Labute approximate surface area is 258 Å². The summed E-state index contributed by atoms with van der Waals surface area (Å²) in [7, 11) is 1.39. The van der Waals surface area contributed by atoms with Gasteiger partial charge in [-0.3, -0.25) is 0 Å². The Morgan fingerprint density at radius 1 is 1.09 bits per heavy atom. The molecule has 6 heterocycles. The number of aryl methyl sites for hydroxylation is 2. The van der Waals surface area contributed by atoms with Crippen molar-refractivity contribution >= 4 is 17.4 Å². The van der Waals surface area contributed by atoms with E-state index in [1.54, 1.807) is 0 Å². The van der Waals surface area contributed by atoms with Gasteiger partial charge in [-0.1, -0.05) is 24.3 Å². The lowest BCUT2D eigenvalue weighted by Gasteiger charge is -2.41. The Hall–Kier alpha value is -4.02. The van der Waals surface area contributed by atoms with Crippen LogP contribution in [0.5, 0.6) is 0 Å². The maximum atomic E-state index is 13.3. The molecule has 0 saturated carbocycles. The number of ether oxygens (including phenoxy) is 3. The summed E-state index contributed by atoms with van der Waals surface area (Å²) < 4.78 is 21.8. The van der Waals surface area contributed by atoms with Crippen molar-refractivity contribution in [1.29, 1.82) is 0 Å². The predicted molar refractivity (Wildman–Crippen MR) is 169 cm³/mol. The number of carbonyl (C=O) groups is 1. The van der Waals surface area contributed by atoms with Crippen LogP contribution >= 0.6 is 0 Å². The zero-order valence-electron chi connectivity index (χ0n) is 26.5. The third-order valence-electron chi connectivity index (χ3n) is 8.39. The number of methoxy groups -OCH3 is 1. The van der Waals surface area contributed by atoms with Crippen molar-refractivity contribution in [2.75, 3.05) is 31.7 Å². The van der Waals surface area contributed by atoms with E-state index >= 15 is 0 Å². The molecule has 232 valence electrons. The highest BCUT2D eigenvalue weighted by atomic mass is 16.6. The van der Waals surface area contributed by atoms with E-state index in [0.29, 0.717) is 23.5 Å². The quantitative estimate of drug-likeness (QED) is 0.216. The maximum Gasteiger partial charge on any atom is 0.339 e. The minimum Gasteiger partial charge on any atom is -0.467 e. The van der Waals surface area contributed by atoms with Gasteiger partial charge < -0.3 is 19.1 Å². The van der Waals surface area contributed by atoms with Gasteiger partial charge in [0.05, 0.1) is 47.6 Å². The van der Waals surface area contributed by atoms with Crippen LogP contribution in [0.1, 0.15) is 70.0 Å². The van der Waals surface area contributed by atoms with Crippen LogP contribution in [-0.4, -0.2) is 68.4 Å². The molecule has 0 N–H and O–H groups in total. The van der Waals surface area contributed by atoms with Crippen molar-refractivity contribution in [1.82, 2.24) is 24.4 Å². The smallest absolute Gasteiger partial charge is 0.339 e. The first-order valence-corrected chi connectivity index (χ1v) is 15.4. The normalized spacial score (nSPS) is 18.4. The minimum absolute atomic E-state index is 0.263. The molecule has 4 aromatic rings. The molecule has 1 fully saturated rings. The van der Waals surface area contributed by atoms with Crippen molar-refractivity contribution in [2.45, 2.75) is 77.6 Å². The first kappa shape index (κ1) is 30.0. The van der Waals surface area contributed by atoms with Gasteiger partial charge in [-0.15, -0.1) is 0 Å². The number of piperidine rings is 1. The molecule has 7 rings (SSSR count). The summed E-state index contributed by atoms with van der Waals surface area (Å²) >= 11 is 0. The highest BCUT2D eigenvalue weighted by Crippen LogP contribution is 2.38. The van der Waals surface area contributed by atoms with E-state index in [2.05, 4.69) is 36.1 Å². The molecule has 1 atom stereocenters. The number of hydrogen-bond donors (Lipinski definition) is 0. The highest BCUT2D eigenvalue weighted by molar-refractivity contribution is 5.80. The predicted octanol–water partition coefficient (Wildman–Crippen LogP) is 5.80. The summed E-state index contributed by atoms with van der Waals surface area (Å²) in [5.74, 6) is 0.324. The lowest BCUT2D eigenvalue weighted by Crippen LogP contribution is -2.45. The number of aromatic nitrogens is 5. The molecular formula is C34H42N6O4. The summed E-state index contributed by atoms with van der Waals surface area (Å²) in [6.07, 6.45) is 8.72. The van der Waals surface area contributed by atoms with Crippen LogP contribution in [0.2, 0.25) is 0 Å². The van der Waals surface area contributed by atoms with Crippen LogP contribution in [0, 0.1) is 6.92 Å². The van der Waals surface area contributed by atoms with E-state index in [-0.39, 0.29) is 5.60 Å². The lowest BCUT2D eigenvalue weighted by atomic mass is 9.92. The fraction of sp³-hybridized carbons (Fsp3) is 0.471. The van der Waals surface area contributed by atoms with Crippen molar-refractivity contribution < 1.29 is 19.0 Å². The first-order valence-electron chi connectivity index (χ1n) is 15.4. The first-order chi connectivity index (χ1) is 21.0. The third kappa shape index (κ3) is 6.14. The van der Waals surface area contributed by atoms with Crippen LogP contribution in [0.3, 0.4) is 0 Å². The molecule has 10 nitrogen and oxygen atoms in total. The van der Waals surface area contributed by atoms with Crippen molar-refractivity contribution in [3.8, 4) is 16.9 Å². The highest BCUT2D eigenvalue weighted by Gasteiger charge is 2.38. The van der Waals surface area contributed by atoms with Crippen molar-refractivity contribution in [3.05, 3.63) is 71.7 Å². The number of esters is 1. The number of hydrogen-bond acceptors (Lipinski definition) is 8. The number of nitrogens with zero attached hydrogens (tertiary/aromatic N) is 6. The zero-order valence-corrected chi connectivity index (χ0v) is 26.5.